The Morgan fingerprint density at radius 3 is 2.83 bits per heavy atom. The van der Waals surface area contributed by atoms with Gasteiger partial charge in [0.05, 0.1) is 12.1 Å². The van der Waals surface area contributed by atoms with Crippen LogP contribution in [0.25, 0.3) is 0 Å². The summed E-state index contributed by atoms with van der Waals surface area (Å²) >= 11 is 0. The number of benzene rings is 1. The first-order chi connectivity index (χ1) is 8.68. The molecule has 1 aliphatic rings. The van der Waals surface area contributed by atoms with Crippen LogP contribution in [0.15, 0.2) is 24.3 Å². The molecule has 1 aliphatic heterocycles. The van der Waals surface area contributed by atoms with Crippen LogP contribution in [0.2, 0.25) is 0 Å². The first kappa shape index (κ1) is 12.2. The Labute approximate surface area is 105 Å². The lowest BCUT2D eigenvalue weighted by Gasteiger charge is -2.09. The first-order valence-corrected chi connectivity index (χ1v) is 5.77. The quantitative estimate of drug-likeness (QED) is 0.798. The Morgan fingerprint density at radius 1 is 1.39 bits per heavy atom. The van der Waals surface area contributed by atoms with Gasteiger partial charge in [0.15, 0.2) is 0 Å². The maximum absolute atomic E-state index is 11.4. The molecule has 4 nitrogen and oxygen atoms in total. The third kappa shape index (κ3) is 2.69. The number of aromatic carboxylic acids is 1. The summed E-state index contributed by atoms with van der Waals surface area (Å²) in [5, 5.41) is 8.99. The van der Waals surface area contributed by atoms with Crippen LogP contribution in [0, 0.1) is 11.8 Å². The van der Waals surface area contributed by atoms with Crippen LogP contribution in [-0.2, 0) is 4.79 Å². The molecule has 18 heavy (non-hydrogen) atoms. The lowest BCUT2D eigenvalue weighted by atomic mass is 10.1. The van der Waals surface area contributed by atoms with Gasteiger partial charge in [-0.25, -0.2) is 4.79 Å². The molecule has 1 fully saturated rings. The minimum absolute atomic E-state index is 0.121. The second kappa shape index (κ2) is 5.37. The highest BCUT2D eigenvalue weighted by molar-refractivity contribution is 5.90. The van der Waals surface area contributed by atoms with E-state index in [4.69, 9.17) is 5.11 Å². The number of carboxylic acids is 1. The summed E-state index contributed by atoms with van der Waals surface area (Å²) in [4.78, 5) is 24.0. The van der Waals surface area contributed by atoms with Crippen LogP contribution >= 0.6 is 0 Å². The zero-order valence-electron chi connectivity index (χ0n) is 9.85. The second-order valence-electron chi connectivity index (χ2n) is 4.07. The molecule has 0 unspecified atom stereocenters. The molecular weight excluding hydrogens is 230 g/mol. The molecule has 0 saturated carbocycles. The summed E-state index contributed by atoms with van der Waals surface area (Å²) in [5.41, 5.74) is 0.675. The molecule has 0 radical (unpaired) electrons. The number of carboxylic acid groups (broad SMARTS) is 1. The van der Waals surface area contributed by atoms with Gasteiger partial charge in [-0.15, -0.1) is 0 Å². The van der Waals surface area contributed by atoms with Gasteiger partial charge < -0.3 is 10.0 Å². The van der Waals surface area contributed by atoms with Crippen LogP contribution in [0.1, 0.15) is 28.8 Å². The van der Waals surface area contributed by atoms with Crippen LogP contribution < -0.4 is 0 Å². The molecule has 0 spiro atoms. The van der Waals surface area contributed by atoms with Gasteiger partial charge in [0, 0.05) is 18.5 Å². The van der Waals surface area contributed by atoms with Crippen molar-refractivity contribution in [3.63, 3.8) is 0 Å². The Hall–Kier alpha value is -2.28. The molecule has 1 aromatic rings. The van der Waals surface area contributed by atoms with Crippen LogP contribution in [0.4, 0.5) is 0 Å². The standard InChI is InChI=1S/C14H13NO3/c16-13-8-4-10-15(13)9-3-6-11-5-1-2-7-12(11)14(17)18/h1-2,5,7H,4,8-10H2,(H,17,18). The Balaban J connectivity index is 2.10. The highest BCUT2D eigenvalue weighted by Gasteiger charge is 2.18. The second-order valence-corrected chi connectivity index (χ2v) is 4.07. The normalized spacial score (nSPS) is 14.2. The molecule has 1 amide bonds. The average molecular weight is 243 g/mol. The smallest absolute Gasteiger partial charge is 0.336 e. The summed E-state index contributed by atoms with van der Waals surface area (Å²) < 4.78 is 0. The van der Waals surface area contributed by atoms with Crippen molar-refractivity contribution in [2.75, 3.05) is 13.1 Å². The number of hydrogen-bond acceptors (Lipinski definition) is 2. The minimum Gasteiger partial charge on any atom is -0.478 e. The summed E-state index contributed by atoms with van der Waals surface area (Å²) in [7, 11) is 0. The SMILES string of the molecule is O=C(O)c1ccccc1C#CCN1CCCC1=O. The van der Waals surface area contributed by atoms with Crippen molar-refractivity contribution in [1.82, 2.24) is 4.90 Å². The fourth-order valence-corrected chi connectivity index (χ4v) is 1.88. The molecule has 92 valence electrons. The molecule has 4 heteroatoms. The number of carbonyl (C=O) groups is 2. The van der Waals surface area contributed by atoms with Crippen molar-refractivity contribution in [3.05, 3.63) is 35.4 Å². The van der Waals surface area contributed by atoms with E-state index in [0.29, 0.717) is 18.5 Å². The van der Waals surface area contributed by atoms with Gasteiger partial charge in [0.25, 0.3) is 0 Å². The highest BCUT2D eigenvalue weighted by Crippen LogP contribution is 2.09. The number of hydrogen-bond donors (Lipinski definition) is 1. The molecular formula is C14H13NO3. The van der Waals surface area contributed by atoms with Gasteiger partial charge in [-0.3, -0.25) is 4.79 Å². The number of likely N-dealkylation sites (tertiary alicyclic amines) is 1. The molecule has 0 atom stereocenters. The topological polar surface area (TPSA) is 57.6 Å². The minimum atomic E-state index is -0.989. The van der Waals surface area contributed by atoms with Crippen molar-refractivity contribution >= 4 is 11.9 Å². The predicted octanol–water partition coefficient (Wildman–Crippen LogP) is 1.36. The van der Waals surface area contributed by atoms with Gasteiger partial charge in [-0.05, 0) is 18.6 Å². The van der Waals surface area contributed by atoms with E-state index in [1.165, 1.54) is 6.07 Å². The Bertz CT molecular complexity index is 539. The van der Waals surface area contributed by atoms with Crippen LogP contribution in [0.3, 0.4) is 0 Å². The van der Waals surface area contributed by atoms with Crippen molar-refractivity contribution in [2.24, 2.45) is 0 Å². The van der Waals surface area contributed by atoms with Crippen molar-refractivity contribution in [2.45, 2.75) is 12.8 Å². The van der Waals surface area contributed by atoms with Crippen LogP contribution in [-0.4, -0.2) is 35.0 Å². The zero-order valence-corrected chi connectivity index (χ0v) is 9.85. The van der Waals surface area contributed by atoms with Crippen LogP contribution in [0.5, 0.6) is 0 Å². The lowest BCUT2D eigenvalue weighted by molar-refractivity contribution is -0.127. The Morgan fingerprint density at radius 2 is 2.17 bits per heavy atom. The summed E-state index contributed by atoms with van der Waals surface area (Å²) in [6, 6.07) is 6.60. The average Bonchev–Trinajstić information content (AvgIpc) is 2.76. The molecule has 0 aromatic heterocycles. The molecule has 1 N–H and O–H groups in total. The lowest BCUT2D eigenvalue weighted by Crippen LogP contribution is -2.24. The zero-order chi connectivity index (χ0) is 13.0. The largest absolute Gasteiger partial charge is 0.478 e. The molecule has 0 bridgehead atoms. The maximum Gasteiger partial charge on any atom is 0.336 e. The van der Waals surface area contributed by atoms with Gasteiger partial charge in [-0.2, -0.15) is 0 Å². The van der Waals surface area contributed by atoms with E-state index in [2.05, 4.69) is 11.8 Å². The third-order valence-corrected chi connectivity index (χ3v) is 2.82. The van der Waals surface area contributed by atoms with E-state index in [1.54, 1.807) is 23.1 Å². The van der Waals surface area contributed by atoms with E-state index >= 15 is 0 Å². The fourth-order valence-electron chi connectivity index (χ4n) is 1.88. The number of carbonyl (C=O) groups excluding carboxylic acids is 1. The van der Waals surface area contributed by atoms with Gasteiger partial charge in [0.2, 0.25) is 5.91 Å². The fraction of sp³-hybridized carbons (Fsp3) is 0.286. The van der Waals surface area contributed by atoms with Crippen molar-refractivity contribution in [3.8, 4) is 11.8 Å². The summed E-state index contributed by atoms with van der Waals surface area (Å²) in [5.74, 6) is 4.81. The predicted molar refractivity (Wildman–Crippen MR) is 66.1 cm³/mol. The van der Waals surface area contributed by atoms with Crippen molar-refractivity contribution < 1.29 is 14.7 Å². The Kier molecular flexibility index (Phi) is 3.63. The first-order valence-electron chi connectivity index (χ1n) is 5.77. The van der Waals surface area contributed by atoms with E-state index in [9.17, 15) is 9.59 Å². The monoisotopic (exact) mass is 243 g/mol. The number of amides is 1. The van der Waals surface area contributed by atoms with E-state index in [1.807, 2.05) is 0 Å². The van der Waals surface area contributed by atoms with E-state index in [0.717, 1.165) is 13.0 Å². The van der Waals surface area contributed by atoms with E-state index < -0.39 is 5.97 Å². The third-order valence-electron chi connectivity index (χ3n) is 2.82. The maximum atomic E-state index is 11.4. The summed E-state index contributed by atoms with van der Waals surface area (Å²) in [6.07, 6.45) is 1.47. The van der Waals surface area contributed by atoms with Crippen molar-refractivity contribution in [1.29, 1.82) is 0 Å². The van der Waals surface area contributed by atoms with Gasteiger partial charge in [0.1, 0.15) is 0 Å². The number of nitrogens with zero attached hydrogens (tertiary/aromatic N) is 1. The number of rotatable bonds is 2. The van der Waals surface area contributed by atoms with E-state index in [-0.39, 0.29) is 11.5 Å². The molecule has 1 saturated heterocycles. The summed E-state index contributed by atoms with van der Waals surface area (Å²) in [6.45, 7) is 1.11. The molecule has 0 aliphatic carbocycles. The molecule has 1 aromatic carbocycles. The highest BCUT2D eigenvalue weighted by atomic mass is 16.4. The van der Waals surface area contributed by atoms with Gasteiger partial charge >= 0.3 is 5.97 Å². The van der Waals surface area contributed by atoms with Gasteiger partial charge in [-0.1, -0.05) is 24.0 Å². The molecule has 1 heterocycles. The molecule has 2 rings (SSSR count).